The van der Waals surface area contributed by atoms with E-state index >= 15 is 0 Å². The first-order chi connectivity index (χ1) is 14.3. The van der Waals surface area contributed by atoms with Gasteiger partial charge in [0.25, 0.3) is 5.91 Å². The van der Waals surface area contributed by atoms with Crippen LogP contribution in [-0.4, -0.2) is 47.0 Å². The summed E-state index contributed by atoms with van der Waals surface area (Å²) in [6.45, 7) is 5.32. The molecule has 4 rings (SSSR count). The van der Waals surface area contributed by atoms with Crippen LogP contribution in [0.5, 0.6) is 0 Å². The van der Waals surface area contributed by atoms with Crippen LogP contribution in [0.15, 0.2) is 73.2 Å². The molecule has 0 radical (unpaired) electrons. The number of amides is 1. The SMILES string of the molecule is O=C(NCc1cccnc1)c1ccc(N2CCN(Cc3ccccc3)CC2)nc1. The Morgan fingerprint density at radius 2 is 1.69 bits per heavy atom. The molecule has 6 nitrogen and oxygen atoms in total. The van der Waals surface area contributed by atoms with Crippen LogP contribution >= 0.6 is 0 Å². The second kappa shape index (κ2) is 9.30. The first-order valence-electron chi connectivity index (χ1n) is 9.92. The zero-order valence-corrected chi connectivity index (χ0v) is 16.4. The van der Waals surface area contributed by atoms with Gasteiger partial charge in [-0.25, -0.2) is 4.98 Å². The maximum atomic E-state index is 12.3. The van der Waals surface area contributed by atoms with Crippen molar-refractivity contribution in [3.8, 4) is 0 Å². The summed E-state index contributed by atoms with van der Waals surface area (Å²) >= 11 is 0. The quantitative estimate of drug-likeness (QED) is 0.705. The molecule has 2 aromatic heterocycles. The lowest BCUT2D eigenvalue weighted by Gasteiger charge is -2.35. The van der Waals surface area contributed by atoms with E-state index in [-0.39, 0.29) is 5.91 Å². The van der Waals surface area contributed by atoms with Gasteiger partial charge in [0.2, 0.25) is 0 Å². The summed E-state index contributed by atoms with van der Waals surface area (Å²) in [4.78, 5) is 25.6. The fourth-order valence-electron chi connectivity index (χ4n) is 3.47. The molecular weight excluding hydrogens is 362 g/mol. The van der Waals surface area contributed by atoms with E-state index in [2.05, 4.69) is 55.4 Å². The van der Waals surface area contributed by atoms with E-state index in [1.165, 1.54) is 5.56 Å². The van der Waals surface area contributed by atoms with Gasteiger partial charge in [-0.15, -0.1) is 0 Å². The van der Waals surface area contributed by atoms with Crippen molar-refractivity contribution in [2.24, 2.45) is 0 Å². The Labute approximate surface area is 171 Å². The highest BCUT2D eigenvalue weighted by atomic mass is 16.1. The zero-order valence-electron chi connectivity index (χ0n) is 16.4. The van der Waals surface area contributed by atoms with Gasteiger partial charge >= 0.3 is 0 Å². The Morgan fingerprint density at radius 3 is 2.38 bits per heavy atom. The van der Waals surface area contributed by atoms with E-state index in [9.17, 15) is 4.79 Å². The van der Waals surface area contributed by atoms with Crippen molar-refractivity contribution in [3.63, 3.8) is 0 Å². The molecule has 1 amide bonds. The van der Waals surface area contributed by atoms with E-state index < -0.39 is 0 Å². The number of benzene rings is 1. The summed E-state index contributed by atoms with van der Waals surface area (Å²) in [5.74, 6) is 0.800. The number of rotatable bonds is 6. The highest BCUT2D eigenvalue weighted by molar-refractivity contribution is 5.94. The normalized spacial score (nSPS) is 14.6. The molecule has 1 aliphatic heterocycles. The third kappa shape index (κ3) is 5.18. The van der Waals surface area contributed by atoms with Gasteiger partial charge in [-0.1, -0.05) is 36.4 Å². The third-order valence-electron chi connectivity index (χ3n) is 5.13. The average molecular weight is 387 g/mol. The predicted molar refractivity (Wildman–Crippen MR) is 114 cm³/mol. The van der Waals surface area contributed by atoms with Crippen molar-refractivity contribution in [3.05, 3.63) is 89.9 Å². The standard InChI is InChI=1S/C23H25N5O/c29-23(26-16-20-7-4-10-24-15-20)21-8-9-22(25-17-21)28-13-11-27(12-14-28)18-19-5-2-1-3-6-19/h1-10,15,17H,11-14,16,18H2,(H,26,29). The summed E-state index contributed by atoms with van der Waals surface area (Å²) in [5.41, 5.74) is 2.89. The molecule has 0 unspecified atom stereocenters. The number of hydrogen-bond donors (Lipinski definition) is 1. The first-order valence-corrected chi connectivity index (χ1v) is 9.92. The molecule has 1 N–H and O–H groups in total. The summed E-state index contributed by atoms with van der Waals surface area (Å²) in [5, 5.41) is 2.90. The number of nitrogens with zero attached hydrogens (tertiary/aromatic N) is 4. The maximum absolute atomic E-state index is 12.3. The molecule has 6 heteroatoms. The molecule has 1 aliphatic rings. The van der Waals surface area contributed by atoms with E-state index in [0.29, 0.717) is 12.1 Å². The van der Waals surface area contributed by atoms with Crippen molar-refractivity contribution in [2.75, 3.05) is 31.1 Å². The van der Waals surface area contributed by atoms with Crippen LogP contribution in [-0.2, 0) is 13.1 Å². The highest BCUT2D eigenvalue weighted by Crippen LogP contribution is 2.15. The number of carbonyl (C=O) groups excluding carboxylic acids is 1. The predicted octanol–water partition coefficient (Wildman–Crippen LogP) is 2.73. The lowest BCUT2D eigenvalue weighted by Crippen LogP contribution is -2.46. The number of piperazine rings is 1. The van der Waals surface area contributed by atoms with Crippen LogP contribution in [0.2, 0.25) is 0 Å². The second-order valence-electron chi connectivity index (χ2n) is 7.20. The van der Waals surface area contributed by atoms with Crippen molar-refractivity contribution in [2.45, 2.75) is 13.1 Å². The lowest BCUT2D eigenvalue weighted by atomic mass is 10.2. The molecule has 0 spiro atoms. The minimum atomic E-state index is -0.124. The highest BCUT2D eigenvalue weighted by Gasteiger charge is 2.18. The van der Waals surface area contributed by atoms with Gasteiger partial charge < -0.3 is 10.2 Å². The fraction of sp³-hybridized carbons (Fsp3) is 0.261. The molecule has 0 atom stereocenters. The molecule has 3 aromatic rings. The van der Waals surface area contributed by atoms with Gasteiger partial charge in [0.15, 0.2) is 0 Å². The van der Waals surface area contributed by atoms with Gasteiger partial charge in [0.05, 0.1) is 5.56 Å². The van der Waals surface area contributed by atoms with Crippen LogP contribution in [0.4, 0.5) is 5.82 Å². The van der Waals surface area contributed by atoms with Gasteiger partial charge in [-0.2, -0.15) is 0 Å². The molecule has 1 saturated heterocycles. The Kier molecular flexibility index (Phi) is 6.12. The molecule has 0 bridgehead atoms. The molecular formula is C23H25N5O. The third-order valence-corrected chi connectivity index (χ3v) is 5.13. The smallest absolute Gasteiger partial charge is 0.253 e. The number of aromatic nitrogens is 2. The van der Waals surface area contributed by atoms with Gasteiger partial charge in [-0.05, 0) is 29.3 Å². The van der Waals surface area contributed by atoms with Crippen molar-refractivity contribution < 1.29 is 4.79 Å². The number of nitrogens with one attached hydrogen (secondary N) is 1. The van der Waals surface area contributed by atoms with Crippen molar-refractivity contribution in [1.82, 2.24) is 20.2 Å². The van der Waals surface area contributed by atoms with Gasteiger partial charge in [-0.3, -0.25) is 14.7 Å². The molecule has 3 heterocycles. The topological polar surface area (TPSA) is 61.4 Å². The Morgan fingerprint density at radius 1 is 0.897 bits per heavy atom. The second-order valence-corrected chi connectivity index (χ2v) is 7.20. The van der Waals surface area contributed by atoms with E-state index in [1.807, 2.05) is 24.3 Å². The average Bonchev–Trinajstić information content (AvgIpc) is 2.79. The number of hydrogen-bond acceptors (Lipinski definition) is 5. The van der Waals surface area contributed by atoms with Crippen molar-refractivity contribution >= 4 is 11.7 Å². The van der Waals surface area contributed by atoms with Gasteiger partial charge in [0, 0.05) is 57.9 Å². The summed E-state index contributed by atoms with van der Waals surface area (Å²) in [6.07, 6.45) is 5.12. The molecule has 148 valence electrons. The Balaban J connectivity index is 1.27. The monoisotopic (exact) mass is 387 g/mol. The molecule has 29 heavy (non-hydrogen) atoms. The van der Waals surface area contributed by atoms with Gasteiger partial charge in [0.1, 0.15) is 5.82 Å². The van der Waals surface area contributed by atoms with Crippen LogP contribution < -0.4 is 10.2 Å². The first kappa shape index (κ1) is 19.1. The maximum Gasteiger partial charge on any atom is 0.253 e. The molecule has 0 saturated carbocycles. The Hall–Kier alpha value is -3.25. The molecule has 1 fully saturated rings. The fourth-order valence-corrected chi connectivity index (χ4v) is 3.47. The van der Waals surface area contributed by atoms with Crippen molar-refractivity contribution in [1.29, 1.82) is 0 Å². The van der Waals surface area contributed by atoms with E-state index in [4.69, 9.17) is 0 Å². The largest absolute Gasteiger partial charge is 0.354 e. The minimum Gasteiger partial charge on any atom is -0.354 e. The summed E-state index contributed by atoms with van der Waals surface area (Å²) in [7, 11) is 0. The van der Waals surface area contributed by atoms with Crippen LogP contribution in [0.1, 0.15) is 21.5 Å². The van der Waals surface area contributed by atoms with Crippen LogP contribution in [0, 0.1) is 0 Å². The van der Waals surface area contributed by atoms with Crippen LogP contribution in [0.3, 0.4) is 0 Å². The number of carbonyl (C=O) groups is 1. The summed E-state index contributed by atoms with van der Waals surface area (Å²) < 4.78 is 0. The number of anilines is 1. The zero-order chi connectivity index (χ0) is 19.9. The Bertz CT molecular complexity index is 907. The lowest BCUT2D eigenvalue weighted by molar-refractivity contribution is 0.0950. The minimum absolute atomic E-state index is 0.124. The molecule has 0 aliphatic carbocycles. The van der Waals surface area contributed by atoms with E-state index in [0.717, 1.165) is 44.1 Å². The number of pyridine rings is 2. The van der Waals surface area contributed by atoms with E-state index in [1.54, 1.807) is 18.6 Å². The summed E-state index contributed by atoms with van der Waals surface area (Å²) in [6, 6.07) is 18.1. The molecule has 1 aromatic carbocycles. The van der Waals surface area contributed by atoms with Crippen LogP contribution in [0.25, 0.3) is 0 Å².